The number of ether oxygens (including phenoxy) is 1. The summed E-state index contributed by atoms with van der Waals surface area (Å²) in [5.41, 5.74) is -0.191. The van der Waals surface area contributed by atoms with Gasteiger partial charge in [0.05, 0.1) is 5.41 Å². The van der Waals surface area contributed by atoms with Crippen LogP contribution in [0, 0.1) is 5.41 Å². The number of carbonyl (C=O) groups is 3. The van der Waals surface area contributed by atoms with Crippen LogP contribution in [0.15, 0.2) is 24.3 Å². The zero-order chi connectivity index (χ0) is 21.2. The molecule has 1 unspecified atom stereocenters. The molecule has 29 heavy (non-hydrogen) atoms. The molecule has 1 heterocycles. The van der Waals surface area contributed by atoms with Gasteiger partial charge < -0.3 is 20.3 Å². The molecule has 0 radical (unpaired) electrons. The first-order valence-electron chi connectivity index (χ1n) is 10.3. The second-order valence-electron chi connectivity index (χ2n) is 9.35. The lowest BCUT2D eigenvalue weighted by Gasteiger charge is -2.39. The zero-order valence-electron chi connectivity index (χ0n) is 17.7. The minimum atomic E-state index is -0.721. The van der Waals surface area contributed by atoms with Crippen LogP contribution in [0.4, 0.5) is 10.5 Å². The quantitative estimate of drug-likeness (QED) is 0.808. The smallest absolute Gasteiger partial charge is 0.410 e. The summed E-state index contributed by atoms with van der Waals surface area (Å²) >= 11 is 0. The molecule has 1 aromatic rings. The average molecular weight is 402 g/mol. The molecule has 1 saturated carbocycles. The molecule has 1 saturated heterocycles. The van der Waals surface area contributed by atoms with Gasteiger partial charge in [-0.3, -0.25) is 9.59 Å². The van der Waals surface area contributed by atoms with E-state index in [4.69, 9.17) is 4.74 Å². The summed E-state index contributed by atoms with van der Waals surface area (Å²) in [6.45, 7) is 8.22. The van der Waals surface area contributed by atoms with Crippen molar-refractivity contribution in [3.8, 4) is 0 Å². The van der Waals surface area contributed by atoms with E-state index in [0.29, 0.717) is 30.8 Å². The summed E-state index contributed by atoms with van der Waals surface area (Å²) in [6.07, 6.45) is 3.06. The summed E-state index contributed by atoms with van der Waals surface area (Å²) in [7, 11) is 0. The zero-order valence-corrected chi connectivity index (χ0v) is 17.7. The lowest BCUT2D eigenvalue weighted by Crippen LogP contribution is -2.51. The highest BCUT2D eigenvalue weighted by molar-refractivity contribution is 5.99. The Morgan fingerprint density at radius 1 is 1.21 bits per heavy atom. The Kier molecular flexibility index (Phi) is 5.87. The average Bonchev–Trinajstić information content (AvgIpc) is 3.44. The molecule has 1 aliphatic heterocycles. The van der Waals surface area contributed by atoms with Crippen LogP contribution in [0.2, 0.25) is 0 Å². The Balaban J connectivity index is 1.64. The molecule has 0 spiro atoms. The van der Waals surface area contributed by atoms with Gasteiger partial charge in [-0.05, 0) is 71.6 Å². The van der Waals surface area contributed by atoms with Crippen molar-refractivity contribution >= 4 is 23.6 Å². The number of hydrogen-bond acceptors (Lipinski definition) is 4. The maximum Gasteiger partial charge on any atom is 0.410 e. The number of carbonyl (C=O) groups excluding carboxylic acids is 3. The third-order valence-electron chi connectivity index (χ3n) is 5.19. The number of amides is 3. The number of nitrogens with one attached hydrogen (secondary N) is 2. The van der Waals surface area contributed by atoms with Crippen LogP contribution in [-0.4, -0.2) is 47.5 Å². The molecule has 2 N–H and O–H groups in total. The SMILES string of the molecule is CC(C)(C)OC(=O)N1CCCC(C)(C(=O)Nc2cccc(C(=O)NC3CC3)c2)C1. The van der Waals surface area contributed by atoms with Crippen LogP contribution in [0.3, 0.4) is 0 Å². The highest BCUT2D eigenvalue weighted by atomic mass is 16.6. The van der Waals surface area contributed by atoms with Gasteiger partial charge in [-0.15, -0.1) is 0 Å². The van der Waals surface area contributed by atoms with Crippen molar-refractivity contribution < 1.29 is 19.1 Å². The number of nitrogens with zero attached hydrogens (tertiary/aromatic N) is 1. The number of anilines is 1. The normalized spacial score (nSPS) is 22.0. The maximum absolute atomic E-state index is 13.0. The van der Waals surface area contributed by atoms with E-state index in [1.54, 1.807) is 29.2 Å². The fourth-order valence-corrected chi connectivity index (χ4v) is 3.42. The Hall–Kier alpha value is -2.57. The largest absolute Gasteiger partial charge is 0.444 e. The number of rotatable bonds is 4. The number of likely N-dealkylation sites (tertiary alicyclic amines) is 1. The second-order valence-corrected chi connectivity index (χ2v) is 9.35. The van der Waals surface area contributed by atoms with E-state index in [-0.39, 0.29) is 17.9 Å². The van der Waals surface area contributed by atoms with Gasteiger partial charge in [-0.1, -0.05) is 6.07 Å². The van der Waals surface area contributed by atoms with Crippen molar-refractivity contribution in [2.24, 2.45) is 5.41 Å². The molecule has 1 aromatic carbocycles. The van der Waals surface area contributed by atoms with Crippen molar-refractivity contribution in [3.05, 3.63) is 29.8 Å². The van der Waals surface area contributed by atoms with Gasteiger partial charge in [0.2, 0.25) is 5.91 Å². The number of piperidine rings is 1. The van der Waals surface area contributed by atoms with Gasteiger partial charge in [0.1, 0.15) is 5.60 Å². The van der Waals surface area contributed by atoms with E-state index in [9.17, 15) is 14.4 Å². The lowest BCUT2D eigenvalue weighted by molar-refractivity contribution is -0.127. The Morgan fingerprint density at radius 3 is 2.59 bits per heavy atom. The van der Waals surface area contributed by atoms with Gasteiger partial charge >= 0.3 is 6.09 Å². The minimum Gasteiger partial charge on any atom is -0.444 e. The Labute approximate surface area is 172 Å². The summed E-state index contributed by atoms with van der Waals surface area (Å²) in [5, 5.41) is 5.88. The predicted octanol–water partition coefficient (Wildman–Crippen LogP) is 3.55. The van der Waals surface area contributed by atoms with E-state index in [1.807, 2.05) is 27.7 Å². The van der Waals surface area contributed by atoms with E-state index in [0.717, 1.165) is 19.3 Å². The standard InChI is InChI=1S/C22H31N3O4/c1-21(2,3)29-20(28)25-12-6-11-22(4,14-25)19(27)24-17-8-5-7-15(13-17)18(26)23-16-9-10-16/h5,7-8,13,16H,6,9-12,14H2,1-4H3,(H,23,26)(H,24,27). The third-order valence-corrected chi connectivity index (χ3v) is 5.19. The highest BCUT2D eigenvalue weighted by Crippen LogP contribution is 2.32. The van der Waals surface area contributed by atoms with Gasteiger partial charge in [0, 0.05) is 30.4 Å². The second kappa shape index (κ2) is 8.05. The first-order valence-corrected chi connectivity index (χ1v) is 10.3. The molecule has 2 aliphatic rings. The molecule has 3 amide bonds. The van der Waals surface area contributed by atoms with E-state index >= 15 is 0 Å². The summed E-state index contributed by atoms with van der Waals surface area (Å²) in [5.74, 6) is -0.283. The number of hydrogen-bond donors (Lipinski definition) is 2. The van der Waals surface area contributed by atoms with E-state index < -0.39 is 17.1 Å². The Morgan fingerprint density at radius 2 is 1.93 bits per heavy atom. The first kappa shape index (κ1) is 21.1. The fraction of sp³-hybridized carbons (Fsp3) is 0.591. The third kappa shape index (κ3) is 5.71. The van der Waals surface area contributed by atoms with Gasteiger partial charge in [0.25, 0.3) is 5.91 Å². The van der Waals surface area contributed by atoms with Gasteiger partial charge in [0.15, 0.2) is 0 Å². The van der Waals surface area contributed by atoms with Crippen molar-refractivity contribution in [2.45, 2.75) is 65.0 Å². The summed E-state index contributed by atoms with van der Waals surface area (Å²) < 4.78 is 5.46. The van der Waals surface area contributed by atoms with Crippen molar-refractivity contribution in [3.63, 3.8) is 0 Å². The molecule has 2 fully saturated rings. The molecular weight excluding hydrogens is 370 g/mol. The monoisotopic (exact) mass is 401 g/mol. The van der Waals surface area contributed by atoms with E-state index in [1.165, 1.54) is 0 Å². The molecule has 7 heteroatoms. The molecule has 1 aliphatic carbocycles. The Bertz CT molecular complexity index is 797. The predicted molar refractivity (Wildman–Crippen MR) is 111 cm³/mol. The number of benzene rings is 1. The van der Waals surface area contributed by atoms with Crippen LogP contribution in [0.1, 0.15) is 63.7 Å². The molecular formula is C22H31N3O4. The summed E-state index contributed by atoms with van der Waals surface area (Å²) in [6, 6.07) is 7.23. The van der Waals surface area contributed by atoms with Crippen LogP contribution in [0.5, 0.6) is 0 Å². The topological polar surface area (TPSA) is 87.7 Å². The van der Waals surface area contributed by atoms with Crippen LogP contribution in [-0.2, 0) is 9.53 Å². The van der Waals surface area contributed by atoms with E-state index in [2.05, 4.69) is 10.6 Å². The van der Waals surface area contributed by atoms with Crippen molar-refractivity contribution in [1.82, 2.24) is 10.2 Å². The lowest BCUT2D eigenvalue weighted by atomic mass is 9.81. The molecule has 3 rings (SSSR count). The maximum atomic E-state index is 13.0. The molecule has 0 bridgehead atoms. The van der Waals surface area contributed by atoms with Gasteiger partial charge in [-0.2, -0.15) is 0 Å². The van der Waals surface area contributed by atoms with Crippen LogP contribution < -0.4 is 10.6 Å². The summed E-state index contributed by atoms with van der Waals surface area (Å²) in [4.78, 5) is 39.3. The first-order chi connectivity index (χ1) is 13.6. The fourth-order valence-electron chi connectivity index (χ4n) is 3.42. The molecule has 158 valence electrons. The highest BCUT2D eigenvalue weighted by Gasteiger charge is 2.40. The minimum absolute atomic E-state index is 0.122. The molecule has 7 nitrogen and oxygen atoms in total. The van der Waals surface area contributed by atoms with Crippen molar-refractivity contribution in [2.75, 3.05) is 18.4 Å². The van der Waals surface area contributed by atoms with Crippen LogP contribution in [0.25, 0.3) is 0 Å². The van der Waals surface area contributed by atoms with Crippen LogP contribution >= 0.6 is 0 Å². The van der Waals surface area contributed by atoms with Crippen molar-refractivity contribution in [1.29, 1.82) is 0 Å². The van der Waals surface area contributed by atoms with Gasteiger partial charge in [-0.25, -0.2) is 4.79 Å². The molecule has 1 atom stereocenters. The molecule has 0 aromatic heterocycles.